The molecule has 13 heteroatoms. The molecule has 0 radical (unpaired) electrons. The topological polar surface area (TPSA) is 135 Å². The normalized spacial score (nSPS) is 14.3. The molecule has 1 aliphatic heterocycles. The third-order valence-electron chi connectivity index (χ3n) is 6.45. The lowest BCUT2D eigenvalue weighted by Crippen LogP contribution is -2.45. The van der Waals surface area contributed by atoms with Gasteiger partial charge in [0.15, 0.2) is 5.75 Å². The average Bonchev–Trinajstić information content (AvgIpc) is 2.97. The van der Waals surface area contributed by atoms with Crippen LogP contribution in [0.2, 0.25) is 0 Å². The van der Waals surface area contributed by atoms with Gasteiger partial charge in [-0.05, 0) is 55.0 Å². The van der Waals surface area contributed by atoms with Crippen molar-refractivity contribution in [3.63, 3.8) is 0 Å². The van der Waals surface area contributed by atoms with E-state index in [1.54, 1.807) is 35.2 Å². The van der Waals surface area contributed by atoms with E-state index in [0.29, 0.717) is 24.3 Å². The smallest absolute Gasteiger partial charge is 0.419 e. The lowest BCUT2D eigenvalue weighted by Gasteiger charge is -2.35. The van der Waals surface area contributed by atoms with E-state index >= 15 is 0 Å². The number of carboxylic acid groups (broad SMARTS) is 2. The van der Waals surface area contributed by atoms with Crippen LogP contribution in [0.15, 0.2) is 66.7 Å². The number of fused-ring (bicyclic) bond motifs is 1. The van der Waals surface area contributed by atoms with Crippen molar-refractivity contribution < 1.29 is 52.0 Å². The molecule has 0 aromatic heterocycles. The van der Waals surface area contributed by atoms with E-state index < -0.39 is 35.7 Å². The molecule has 3 N–H and O–H groups in total. The number of nitrogens with zero attached hydrogens (tertiary/aromatic N) is 1. The highest BCUT2D eigenvalue weighted by molar-refractivity contribution is 6.05. The zero-order valence-electron chi connectivity index (χ0n) is 22.8. The van der Waals surface area contributed by atoms with Gasteiger partial charge < -0.3 is 34.6 Å². The zero-order valence-corrected chi connectivity index (χ0v) is 22.8. The fraction of sp³-hybridized carbons (Fsp3) is 0.300. The maximum absolute atomic E-state index is 13.1. The van der Waals surface area contributed by atoms with Crippen LogP contribution in [0.5, 0.6) is 17.2 Å². The maximum atomic E-state index is 13.1. The van der Waals surface area contributed by atoms with E-state index in [-0.39, 0.29) is 55.5 Å². The Morgan fingerprint density at radius 2 is 1.65 bits per heavy atom. The summed E-state index contributed by atoms with van der Waals surface area (Å²) in [6, 6.07) is 16.1. The average molecular weight is 603 g/mol. The number of benzene rings is 3. The van der Waals surface area contributed by atoms with E-state index in [4.69, 9.17) is 19.3 Å². The molecule has 0 aliphatic carbocycles. The monoisotopic (exact) mass is 602 g/mol. The van der Waals surface area contributed by atoms with Crippen molar-refractivity contribution in [2.45, 2.75) is 31.5 Å². The van der Waals surface area contributed by atoms with Crippen LogP contribution < -0.4 is 24.4 Å². The summed E-state index contributed by atoms with van der Waals surface area (Å²) in [7, 11) is 0. The molecule has 0 bridgehead atoms. The van der Waals surface area contributed by atoms with E-state index in [9.17, 15) is 32.7 Å². The Bertz CT molecular complexity index is 1450. The van der Waals surface area contributed by atoms with Gasteiger partial charge in [0, 0.05) is 24.9 Å². The van der Waals surface area contributed by atoms with E-state index in [2.05, 4.69) is 5.32 Å². The molecule has 1 atom stereocenters. The minimum atomic E-state index is -4.52. The lowest BCUT2D eigenvalue weighted by molar-refractivity contribution is -0.145. The van der Waals surface area contributed by atoms with Gasteiger partial charge >= 0.3 is 18.1 Å². The van der Waals surface area contributed by atoms with Crippen LogP contribution in [0.25, 0.3) is 0 Å². The standard InChI is InChI=1S/C30H29F3N2O8/c31-30(32,33)21-6-1-2-9-24(21)42-17-5-16-41-20-13-11-19(12-14-20)28(38)34-22-7-3-8-23-27(22)43-25(29(39)40)18-35(23)15-4-10-26(36)37/h1-3,6-9,11-14,25H,4-5,10,15-18H2,(H,34,38)(H,36,37)(H,39,40). The minimum Gasteiger partial charge on any atom is -0.493 e. The number of ether oxygens (including phenoxy) is 3. The number of anilines is 2. The second-order valence-corrected chi connectivity index (χ2v) is 9.56. The summed E-state index contributed by atoms with van der Waals surface area (Å²) in [5, 5.41) is 21.3. The molecule has 4 rings (SSSR count). The van der Waals surface area contributed by atoms with Gasteiger partial charge in [0.25, 0.3) is 5.91 Å². The second kappa shape index (κ2) is 13.8. The number of carboxylic acids is 2. The number of rotatable bonds is 13. The van der Waals surface area contributed by atoms with E-state index in [1.807, 2.05) is 0 Å². The number of alkyl halides is 3. The van der Waals surface area contributed by atoms with Crippen LogP contribution in [0.1, 0.15) is 35.2 Å². The number of carbonyl (C=O) groups is 3. The van der Waals surface area contributed by atoms with Crippen molar-refractivity contribution >= 4 is 29.2 Å². The second-order valence-electron chi connectivity index (χ2n) is 9.56. The van der Waals surface area contributed by atoms with Crippen LogP contribution in [-0.2, 0) is 15.8 Å². The zero-order chi connectivity index (χ0) is 31.0. The number of para-hydroxylation sites is 2. The van der Waals surface area contributed by atoms with Gasteiger partial charge in [-0.1, -0.05) is 18.2 Å². The molecule has 1 aliphatic rings. The fourth-order valence-corrected chi connectivity index (χ4v) is 4.39. The number of nitrogens with one attached hydrogen (secondary N) is 1. The van der Waals surface area contributed by atoms with Gasteiger partial charge in [-0.3, -0.25) is 9.59 Å². The van der Waals surface area contributed by atoms with Gasteiger partial charge in [-0.2, -0.15) is 13.2 Å². The van der Waals surface area contributed by atoms with Crippen LogP contribution in [0.4, 0.5) is 24.5 Å². The fourth-order valence-electron chi connectivity index (χ4n) is 4.39. The van der Waals surface area contributed by atoms with Crippen LogP contribution >= 0.6 is 0 Å². The van der Waals surface area contributed by atoms with Gasteiger partial charge in [-0.15, -0.1) is 0 Å². The number of hydrogen-bond acceptors (Lipinski definition) is 7. The molecule has 10 nitrogen and oxygen atoms in total. The Hall–Kier alpha value is -4.94. The molecule has 1 amide bonds. The number of halogens is 3. The summed E-state index contributed by atoms with van der Waals surface area (Å²) in [6.45, 7) is 0.490. The highest BCUT2D eigenvalue weighted by Crippen LogP contribution is 2.40. The van der Waals surface area contributed by atoms with Gasteiger partial charge in [-0.25, -0.2) is 4.79 Å². The number of aliphatic carboxylic acids is 2. The molecule has 0 spiro atoms. The summed E-state index contributed by atoms with van der Waals surface area (Å²) >= 11 is 0. The van der Waals surface area contributed by atoms with Crippen molar-refractivity contribution in [1.29, 1.82) is 0 Å². The third-order valence-corrected chi connectivity index (χ3v) is 6.45. The molecule has 43 heavy (non-hydrogen) atoms. The van der Waals surface area contributed by atoms with Crippen molar-refractivity contribution in [3.8, 4) is 17.2 Å². The quantitative estimate of drug-likeness (QED) is 0.222. The molecule has 0 saturated carbocycles. The molecule has 1 unspecified atom stereocenters. The SMILES string of the molecule is O=C(O)CCCN1CC(C(=O)O)Oc2c(NC(=O)c3ccc(OCCCOc4ccccc4C(F)(F)F)cc3)cccc21. The first-order chi connectivity index (χ1) is 20.5. The van der Waals surface area contributed by atoms with Crippen LogP contribution in [0.3, 0.4) is 0 Å². The Morgan fingerprint density at radius 3 is 2.35 bits per heavy atom. The lowest BCUT2D eigenvalue weighted by atomic mass is 10.1. The van der Waals surface area contributed by atoms with E-state index in [0.717, 1.165) is 6.07 Å². The number of carbonyl (C=O) groups excluding carboxylic acids is 1. The Morgan fingerprint density at radius 1 is 0.930 bits per heavy atom. The van der Waals surface area contributed by atoms with Crippen molar-refractivity contribution in [3.05, 3.63) is 77.9 Å². The van der Waals surface area contributed by atoms with Gasteiger partial charge in [0.1, 0.15) is 11.5 Å². The predicted octanol–water partition coefficient (Wildman–Crippen LogP) is 5.32. The number of amides is 1. The van der Waals surface area contributed by atoms with Crippen molar-refractivity contribution in [2.24, 2.45) is 0 Å². The molecule has 1 heterocycles. The van der Waals surface area contributed by atoms with E-state index in [1.165, 1.54) is 30.3 Å². The Labute approximate surface area is 244 Å². The number of hydrogen-bond donors (Lipinski definition) is 3. The van der Waals surface area contributed by atoms with Crippen molar-refractivity contribution in [1.82, 2.24) is 0 Å². The minimum absolute atomic E-state index is 0.0107. The molecular formula is C30H29F3N2O8. The van der Waals surface area contributed by atoms with Crippen LogP contribution in [0, 0.1) is 0 Å². The molecule has 0 saturated heterocycles. The van der Waals surface area contributed by atoms with Crippen molar-refractivity contribution in [2.75, 3.05) is 36.5 Å². The summed E-state index contributed by atoms with van der Waals surface area (Å²) in [5.74, 6) is -2.28. The highest BCUT2D eigenvalue weighted by atomic mass is 19.4. The first-order valence-corrected chi connectivity index (χ1v) is 13.4. The summed E-state index contributed by atoms with van der Waals surface area (Å²) in [5.41, 5.74) is 0.225. The summed E-state index contributed by atoms with van der Waals surface area (Å²) in [4.78, 5) is 37.4. The summed E-state index contributed by atoms with van der Waals surface area (Å²) in [6.07, 6.45) is -5.19. The molecule has 3 aromatic rings. The first-order valence-electron chi connectivity index (χ1n) is 13.4. The Kier molecular flexibility index (Phi) is 9.96. The van der Waals surface area contributed by atoms with Crippen LogP contribution in [-0.4, -0.2) is 60.5 Å². The van der Waals surface area contributed by atoms with Gasteiger partial charge in [0.05, 0.1) is 36.7 Å². The molecule has 0 fully saturated rings. The highest BCUT2D eigenvalue weighted by Gasteiger charge is 2.34. The molecule has 3 aromatic carbocycles. The predicted molar refractivity (Wildman–Crippen MR) is 149 cm³/mol. The first kappa shape index (κ1) is 31.0. The van der Waals surface area contributed by atoms with Gasteiger partial charge in [0.2, 0.25) is 6.10 Å². The largest absolute Gasteiger partial charge is 0.493 e. The Balaban J connectivity index is 1.33. The molecule has 228 valence electrons. The third kappa shape index (κ3) is 8.31. The molecular weight excluding hydrogens is 573 g/mol. The summed E-state index contributed by atoms with van der Waals surface area (Å²) < 4.78 is 55.8. The maximum Gasteiger partial charge on any atom is 0.419 e.